The Hall–Kier alpha value is -1.79. The average Bonchev–Trinajstić information content (AvgIpc) is 2.50. The van der Waals surface area contributed by atoms with E-state index in [1.165, 1.54) is 31.4 Å². The van der Waals surface area contributed by atoms with Crippen molar-refractivity contribution in [3.8, 4) is 0 Å². The fourth-order valence-electron chi connectivity index (χ4n) is 1.86. The van der Waals surface area contributed by atoms with Gasteiger partial charge in [-0.2, -0.15) is 0 Å². The van der Waals surface area contributed by atoms with E-state index in [0.717, 1.165) is 0 Å². The van der Waals surface area contributed by atoms with Crippen LogP contribution in [-0.2, 0) is 9.53 Å². The number of aliphatic hydroxyl groups excluding tert-OH is 1. The molecule has 0 saturated carbocycles. The summed E-state index contributed by atoms with van der Waals surface area (Å²) in [6.45, 7) is 0.469. The van der Waals surface area contributed by atoms with Crippen LogP contribution in [0.5, 0.6) is 0 Å². The molecule has 1 aromatic carbocycles. The predicted molar refractivity (Wildman–Crippen MR) is 75.5 cm³/mol. The van der Waals surface area contributed by atoms with Gasteiger partial charge in [-0.15, -0.1) is 0 Å². The molecule has 116 valence electrons. The predicted octanol–water partition coefficient (Wildman–Crippen LogP) is 1.30. The van der Waals surface area contributed by atoms with Gasteiger partial charge in [0.15, 0.2) is 5.78 Å². The molecule has 1 atom stereocenters. The minimum absolute atomic E-state index is 0.0153. The molecule has 0 aromatic heterocycles. The Morgan fingerprint density at radius 1 is 1.33 bits per heavy atom. The van der Waals surface area contributed by atoms with Crippen molar-refractivity contribution in [3.05, 3.63) is 35.6 Å². The first-order chi connectivity index (χ1) is 10.1. The molecular formula is C15H20FNO4. The van der Waals surface area contributed by atoms with Crippen molar-refractivity contribution in [1.29, 1.82) is 0 Å². The molecule has 21 heavy (non-hydrogen) atoms. The summed E-state index contributed by atoms with van der Waals surface area (Å²) in [6.07, 6.45) is 0.903. The van der Waals surface area contributed by atoms with E-state index in [4.69, 9.17) is 5.11 Å². The fraction of sp³-hybridized carbons (Fsp3) is 0.467. The molecular weight excluding hydrogens is 277 g/mol. The molecule has 1 unspecified atom stereocenters. The van der Waals surface area contributed by atoms with Gasteiger partial charge in [0, 0.05) is 18.6 Å². The minimum Gasteiger partial charge on any atom is -0.469 e. The van der Waals surface area contributed by atoms with Crippen LogP contribution in [0.15, 0.2) is 24.3 Å². The molecule has 0 heterocycles. The Balaban J connectivity index is 2.70. The number of carbonyl (C=O) groups is 2. The number of carbonyl (C=O) groups excluding carboxylic acids is 2. The van der Waals surface area contributed by atoms with Gasteiger partial charge in [0.25, 0.3) is 0 Å². The van der Waals surface area contributed by atoms with Crippen molar-refractivity contribution in [3.63, 3.8) is 0 Å². The fourth-order valence-corrected chi connectivity index (χ4v) is 1.86. The van der Waals surface area contributed by atoms with E-state index >= 15 is 0 Å². The first-order valence-corrected chi connectivity index (χ1v) is 6.79. The highest BCUT2D eigenvalue weighted by molar-refractivity contribution is 6.00. The third-order valence-corrected chi connectivity index (χ3v) is 3.04. The number of nitrogens with one attached hydrogen (secondary N) is 1. The van der Waals surface area contributed by atoms with Crippen LogP contribution in [0.3, 0.4) is 0 Å². The second-order valence-corrected chi connectivity index (χ2v) is 4.57. The van der Waals surface area contributed by atoms with E-state index in [1.807, 2.05) is 0 Å². The van der Waals surface area contributed by atoms with Crippen molar-refractivity contribution >= 4 is 11.8 Å². The van der Waals surface area contributed by atoms with Crippen LogP contribution >= 0.6 is 0 Å². The number of Topliss-reactive ketones (excluding diaryl/α,β-unsaturated/α-hetero) is 1. The number of hydrogen-bond donors (Lipinski definition) is 2. The SMILES string of the molecule is COC(=O)CCC(NCCCO)C(=O)c1ccc(F)cc1. The zero-order valence-electron chi connectivity index (χ0n) is 12.0. The summed E-state index contributed by atoms with van der Waals surface area (Å²) in [7, 11) is 1.29. The maximum absolute atomic E-state index is 12.9. The van der Waals surface area contributed by atoms with E-state index in [9.17, 15) is 14.0 Å². The molecule has 0 saturated heterocycles. The topological polar surface area (TPSA) is 75.6 Å². The standard InChI is InChI=1S/C15H20FNO4/c1-21-14(19)8-7-13(17-9-2-10-18)15(20)11-3-5-12(16)6-4-11/h3-6,13,17-18H,2,7-10H2,1H3. The second-order valence-electron chi connectivity index (χ2n) is 4.57. The highest BCUT2D eigenvalue weighted by Gasteiger charge is 2.20. The quantitative estimate of drug-likeness (QED) is 0.408. The monoisotopic (exact) mass is 297 g/mol. The van der Waals surface area contributed by atoms with Gasteiger partial charge in [-0.25, -0.2) is 4.39 Å². The molecule has 0 radical (unpaired) electrons. The molecule has 0 spiro atoms. The van der Waals surface area contributed by atoms with E-state index in [2.05, 4.69) is 10.1 Å². The summed E-state index contributed by atoms with van der Waals surface area (Å²) < 4.78 is 17.4. The summed E-state index contributed by atoms with van der Waals surface area (Å²) in [6, 6.07) is 4.70. The van der Waals surface area contributed by atoms with Crippen LogP contribution in [0.2, 0.25) is 0 Å². The Morgan fingerprint density at radius 3 is 2.57 bits per heavy atom. The third-order valence-electron chi connectivity index (χ3n) is 3.04. The molecule has 0 aliphatic carbocycles. The largest absolute Gasteiger partial charge is 0.469 e. The Bertz CT molecular complexity index is 461. The molecule has 0 aliphatic rings. The van der Waals surface area contributed by atoms with Gasteiger partial charge in [-0.1, -0.05) is 0 Å². The molecule has 0 aliphatic heterocycles. The number of ketones is 1. The number of esters is 1. The summed E-state index contributed by atoms with van der Waals surface area (Å²) in [5.41, 5.74) is 0.378. The molecule has 6 heteroatoms. The lowest BCUT2D eigenvalue weighted by atomic mass is 10.00. The Kier molecular flexibility index (Phi) is 7.56. The van der Waals surface area contributed by atoms with Crippen molar-refractivity contribution in [1.82, 2.24) is 5.32 Å². The van der Waals surface area contributed by atoms with Crippen LogP contribution in [0.25, 0.3) is 0 Å². The number of ether oxygens (including phenoxy) is 1. The Morgan fingerprint density at radius 2 is 2.00 bits per heavy atom. The van der Waals surface area contributed by atoms with E-state index < -0.39 is 17.8 Å². The number of rotatable bonds is 9. The average molecular weight is 297 g/mol. The van der Waals surface area contributed by atoms with Gasteiger partial charge in [-0.3, -0.25) is 9.59 Å². The summed E-state index contributed by atoms with van der Waals surface area (Å²) in [5.74, 6) is -1.02. The zero-order chi connectivity index (χ0) is 15.7. The summed E-state index contributed by atoms with van der Waals surface area (Å²) in [5, 5.41) is 11.8. The van der Waals surface area contributed by atoms with Gasteiger partial charge in [-0.05, 0) is 43.7 Å². The second kappa shape index (κ2) is 9.20. The maximum Gasteiger partial charge on any atom is 0.305 e. The van der Waals surface area contributed by atoms with Crippen molar-refractivity contribution in [2.75, 3.05) is 20.3 Å². The maximum atomic E-state index is 12.9. The molecule has 1 aromatic rings. The number of hydrogen-bond acceptors (Lipinski definition) is 5. The lowest BCUT2D eigenvalue weighted by molar-refractivity contribution is -0.140. The molecule has 2 N–H and O–H groups in total. The molecule has 5 nitrogen and oxygen atoms in total. The van der Waals surface area contributed by atoms with Crippen LogP contribution in [-0.4, -0.2) is 43.2 Å². The molecule has 1 rings (SSSR count). The molecule has 0 fully saturated rings. The van der Waals surface area contributed by atoms with Crippen molar-refractivity contribution < 1.29 is 23.8 Å². The first kappa shape index (κ1) is 17.3. The van der Waals surface area contributed by atoms with E-state index in [-0.39, 0.29) is 25.2 Å². The van der Waals surface area contributed by atoms with Crippen molar-refractivity contribution in [2.45, 2.75) is 25.3 Å². The van der Waals surface area contributed by atoms with Crippen LogP contribution < -0.4 is 5.32 Å². The minimum atomic E-state index is -0.568. The zero-order valence-corrected chi connectivity index (χ0v) is 12.0. The van der Waals surface area contributed by atoms with Gasteiger partial charge in [0.2, 0.25) is 0 Å². The van der Waals surface area contributed by atoms with E-state index in [0.29, 0.717) is 18.5 Å². The summed E-state index contributed by atoms with van der Waals surface area (Å²) >= 11 is 0. The van der Waals surface area contributed by atoms with Gasteiger partial charge in [0.05, 0.1) is 13.2 Å². The van der Waals surface area contributed by atoms with E-state index in [1.54, 1.807) is 0 Å². The van der Waals surface area contributed by atoms with Gasteiger partial charge in [0.1, 0.15) is 5.82 Å². The normalized spacial score (nSPS) is 12.0. The number of aliphatic hydroxyl groups is 1. The molecule has 0 amide bonds. The van der Waals surface area contributed by atoms with Gasteiger partial charge >= 0.3 is 5.97 Å². The van der Waals surface area contributed by atoms with Crippen LogP contribution in [0.1, 0.15) is 29.6 Å². The lowest BCUT2D eigenvalue weighted by Crippen LogP contribution is -2.38. The third kappa shape index (κ3) is 6.01. The lowest BCUT2D eigenvalue weighted by Gasteiger charge is -2.17. The van der Waals surface area contributed by atoms with Crippen molar-refractivity contribution in [2.24, 2.45) is 0 Å². The summed E-state index contributed by atoms with van der Waals surface area (Å²) in [4.78, 5) is 23.6. The Labute approximate surface area is 123 Å². The van der Waals surface area contributed by atoms with Crippen LogP contribution in [0, 0.1) is 5.82 Å². The first-order valence-electron chi connectivity index (χ1n) is 6.79. The highest BCUT2D eigenvalue weighted by atomic mass is 19.1. The number of halogens is 1. The van der Waals surface area contributed by atoms with Gasteiger partial charge < -0.3 is 15.2 Å². The smallest absolute Gasteiger partial charge is 0.305 e. The highest BCUT2D eigenvalue weighted by Crippen LogP contribution is 2.10. The molecule has 0 bridgehead atoms. The van der Waals surface area contributed by atoms with Crippen LogP contribution in [0.4, 0.5) is 4.39 Å². The number of benzene rings is 1. The number of methoxy groups -OCH3 is 1.